The molecule has 0 saturated heterocycles. The van der Waals surface area contributed by atoms with E-state index in [0.717, 1.165) is 28.2 Å². The molecule has 0 radical (unpaired) electrons. The van der Waals surface area contributed by atoms with Gasteiger partial charge in [-0.05, 0) is 48.5 Å². The first-order valence-electron chi connectivity index (χ1n) is 9.26. The highest BCUT2D eigenvalue weighted by Gasteiger charge is 2.35. The van der Waals surface area contributed by atoms with E-state index in [-0.39, 0.29) is 11.7 Å². The molecule has 3 aromatic carbocycles. The normalized spacial score (nSPS) is 15.7. The number of nitrogens with one attached hydrogen (secondary N) is 2. The SMILES string of the molecule is O=C1c2ccccc2N[C@H](c2cn[nH]c2-c2ccc(F)cc2)N1c1ccccc1. The molecule has 5 rings (SSSR count). The van der Waals surface area contributed by atoms with Gasteiger partial charge >= 0.3 is 0 Å². The molecule has 1 amide bonds. The Hall–Kier alpha value is -3.93. The van der Waals surface area contributed by atoms with Crippen LogP contribution in [0.2, 0.25) is 0 Å². The number of halogens is 1. The average Bonchev–Trinajstić information content (AvgIpc) is 3.24. The molecular formula is C23H17FN4O. The summed E-state index contributed by atoms with van der Waals surface area (Å²) in [5.74, 6) is -0.401. The minimum absolute atomic E-state index is 0.0955. The largest absolute Gasteiger partial charge is 0.360 e. The van der Waals surface area contributed by atoms with Gasteiger partial charge in [0.05, 0.1) is 17.5 Å². The zero-order valence-corrected chi connectivity index (χ0v) is 15.3. The fourth-order valence-electron chi connectivity index (χ4n) is 3.68. The zero-order chi connectivity index (χ0) is 19.8. The summed E-state index contributed by atoms with van der Waals surface area (Å²) in [4.78, 5) is 15.1. The lowest BCUT2D eigenvalue weighted by atomic mass is 10.0. The van der Waals surface area contributed by atoms with Gasteiger partial charge < -0.3 is 5.32 Å². The number of anilines is 2. The van der Waals surface area contributed by atoms with Crippen molar-refractivity contribution < 1.29 is 9.18 Å². The van der Waals surface area contributed by atoms with E-state index < -0.39 is 6.17 Å². The number of hydrogen-bond acceptors (Lipinski definition) is 3. The van der Waals surface area contributed by atoms with Gasteiger partial charge in [-0.2, -0.15) is 5.10 Å². The molecule has 142 valence electrons. The van der Waals surface area contributed by atoms with Gasteiger partial charge in [-0.25, -0.2) is 4.39 Å². The predicted molar refractivity (Wildman–Crippen MR) is 110 cm³/mol. The van der Waals surface area contributed by atoms with Crippen LogP contribution in [0.5, 0.6) is 0 Å². The first-order chi connectivity index (χ1) is 14.2. The number of aromatic amines is 1. The lowest BCUT2D eigenvalue weighted by Gasteiger charge is -2.38. The van der Waals surface area contributed by atoms with E-state index in [1.807, 2.05) is 54.6 Å². The number of para-hydroxylation sites is 2. The molecule has 2 heterocycles. The summed E-state index contributed by atoms with van der Waals surface area (Å²) in [5.41, 5.74) is 4.47. The monoisotopic (exact) mass is 384 g/mol. The number of benzene rings is 3. The van der Waals surface area contributed by atoms with E-state index in [4.69, 9.17) is 0 Å². The average molecular weight is 384 g/mol. The second-order valence-corrected chi connectivity index (χ2v) is 6.81. The van der Waals surface area contributed by atoms with Crippen LogP contribution in [0.4, 0.5) is 15.8 Å². The third kappa shape index (κ3) is 2.95. The third-order valence-corrected chi connectivity index (χ3v) is 5.06. The summed E-state index contributed by atoms with van der Waals surface area (Å²) in [6.07, 6.45) is 1.23. The molecule has 1 aromatic heterocycles. The smallest absolute Gasteiger partial charge is 0.262 e. The van der Waals surface area contributed by atoms with Crippen LogP contribution >= 0.6 is 0 Å². The van der Waals surface area contributed by atoms with Crippen LogP contribution in [0.3, 0.4) is 0 Å². The highest BCUT2D eigenvalue weighted by Crippen LogP contribution is 2.39. The van der Waals surface area contributed by atoms with Gasteiger partial charge in [0.1, 0.15) is 12.0 Å². The van der Waals surface area contributed by atoms with Crippen LogP contribution in [0.15, 0.2) is 85.1 Å². The van der Waals surface area contributed by atoms with Crippen LogP contribution in [-0.2, 0) is 0 Å². The van der Waals surface area contributed by atoms with Gasteiger partial charge in [-0.15, -0.1) is 0 Å². The summed E-state index contributed by atoms with van der Waals surface area (Å²) >= 11 is 0. The summed E-state index contributed by atoms with van der Waals surface area (Å²) in [7, 11) is 0. The van der Waals surface area contributed by atoms with Crippen LogP contribution in [0, 0.1) is 5.82 Å². The fourth-order valence-corrected chi connectivity index (χ4v) is 3.68. The van der Waals surface area contributed by atoms with Crippen molar-refractivity contribution in [3.63, 3.8) is 0 Å². The van der Waals surface area contributed by atoms with Crippen molar-refractivity contribution in [1.29, 1.82) is 0 Å². The number of rotatable bonds is 3. The first kappa shape index (κ1) is 17.2. The maximum absolute atomic E-state index is 13.4. The molecule has 0 unspecified atom stereocenters. The molecule has 6 heteroatoms. The second-order valence-electron chi connectivity index (χ2n) is 6.81. The quantitative estimate of drug-likeness (QED) is 0.523. The Morgan fingerprint density at radius 3 is 2.41 bits per heavy atom. The molecule has 29 heavy (non-hydrogen) atoms. The lowest BCUT2D eigenvalue weighted by Crippen LogP contribution is -2.43. The molecule has 1 aliphatic heterocycles. The van der Waals surface area contributed by atoms with Crippen molar-refractivity contribution in [3.8, 4) is 11.3 Å². The summed E-state index contributed by atoms with van der Waals surface area (Å²) in [6.45, 7) is 0. The van der Waals surface area contributed by atoms with Crippen molar-refractivity contribution in [2.45, 2.75) is 6.17 Å². The van der Waals surface area contributed by atoms with Gasteiger partial charge in [0.15, 0.2) is 0 Å². The van der Waals surface area contributed by atoms with Gasteiger partial charge in [0.25, 0.3) is 5.91 Å². The van der Waals surface area contributed by atoms with Gasteiger partial charge in [-0.1, -0.05) is 30.3 Å². The molecule has 0 aliphatic carbocycles. The molecule has 1 atom stereocenters. The van der Waals surface area contributed by atoms with Crippen molar-refractivity contribution >= 4 is 17.3 Å². The predicted octanol–water partition coefficient (Wildman–Crippen LogP) is 4.99. The van der Waals surface area contributed by atoms with Gasteiger partial charge in [0, 0.05) is 22.5 Å². The maximum atomic E-state index is 13.4. The van der Waals surface area contributed by atoms with E-state index in [0.29, 0.717) is 5.56 Å². The number of aromatic nitrogens is 2. The van der Waals surface area contributed by atoms with E-state index in [1.165, 1.54) is 12.1 Å². The zero-order valence-electron chi connectivity index (χ0n) is 15.3. The van der Waals surface area contributed by atoms with Crippen molar-refractivity contribution in [3.05, 3.63) is 102 Å². The van der Waals surface area contributed by atoms with E-state index >= 15 is 0 Å². The number of hydrogen-bond donors (Lipinski definition) is 2. The maximum Gasteiger partial charge on any atom is 0.262 e. The Kier molecular flexibility index (Phi) is 4.09. The number of H-pyrrole nitrogens is 1. The third-order valence-electron chi connectivity index (χ3n) is 5.06. The number of carbonyl (C=O) groups excluding carboxylic acids is 1. The number of nitrogens with zero attached hydrogens (tertiary/aromatic N) is 2. The molecule has 0 spiro atoms. The van der Waals surface area contributed by atoms with Crippen LogP contribution in [0.1, 0.15) is 22.1 Å². The summed E-state index contributed by atoms with van der Waals surface area (Å²) < 4.78 is 13.4. The number of fused-ring (bicyclic) bond motifs is 1. The van der Waals surface area contributed by atoms with Crippen molar-refractivity contribution in [2.24, 2.45) is 0 Å². The van der Waals surface area contributed by atoms with Crippen molar-refractivity contribution in [2.75, 3.05) is 10.2 Å². The molecule has 0 saturated carbocycles. The second kappa shape index (κ2) is 6.91. The van der Waals surface area contributed by atoms with Gasteiger partial charge in [0.2, 0.25) is 0 Å². The highest BCUT2D eigenvalue weighted by molar-refractivity contribution is 6.12. The topological polar surface area (TPSA) is 61.0 Å². The lowest BCUT2D eigenvalue weighted by molar-refractivity contribution is 0.0975. The molecule has 4 aromatic rings. The van der Waals surface area contributed by atoms with E-state index in [2.05, 4.69) is 15.5 Å². The van der Waals surface area contributed by atoms with Crippen LogP contribution in [-0.4, -0.2) is 16.1 Å². The molecule has 0 bridgehead atoms. The molecular weight excluding hydrogens is 367 g/mol. The Morgan fingerprint density at radius 1 is 0.897 bits per heavy atom. The highest BCUT2D eigenvalue weighted by atomic mass is 19.1. The Bertz CT molecular complexity index is 1170. The van der Waals surface area contributed by atoms with Gasteiger partial charge in [-0.3, -0.25) is 14.8 Å². The minimum Gasteiger partial charge on any atom is -0.360 e. The minimum atomic E-state index is -0.474. The van der Waals surface area contributed by atoms with Crippen LogP contribution < -0.4 is 10.2 Å². The fraction of sp³-hybridized carbons (Fsp3) is 0.0435. The standard InChI is InChI=1S/C23H17FN4O/c24-16-12-10-15(11-13-16)21-19(14-25-27-21)22-26-20-9-5-4-8-18(20)23(29)28(22)17-6-2-1-3-7-17/h1-14,22,26H,(H,25,27)/t22-/m0/s1. The summed E-state index contributed by atoms with van der Waals surface area (Å²) in [5, 5.41) is 10.7. The molecule has 2 N–H and O–H groups in total. The Labute approximate surface area is 166 Å². The molecule has 0 fully saturated rings. The molecule has 1 aliphatic rings. The van der Waals surface area contributed by atoms with Crippen LogP contribution in [0.25, 0.3) is 11.3 Å². The molecule has 5 nitrogen and oxygen atoms in total. The van der Waals surface area contributed by atoms with E-state index in [9.17, 15) is 9.18 Å². The summed E-state index contributed by atoms with van der Waals surface area (Å²) in [6, 6.07) is 23.2. The Morgan fingerprint density at radius 2 is 1.62 bits per heavy atom. The Balaban J connectivity index is 1.66. The number of amides is 1. The van der Waals surface area contributed by atoms with E-state index in [1.54, 1.807) is 23.2 Å². The van der Waals surface area contributed by atoms with Crippen molar-refractivity contribution in [1.82, 2.24) is 10.2 Å². The number of carbonyl (C=O) groups is 1. The first-order valence-corrected chi connectivity index (χ1v) is 9.26.